The Kier molecular flexibility index (Phi) is 3.09. The van der Waals surface area contributed by atoms with Crippen LogP contribution in [0.25, 0.3) is 11.0 Å². The molecule has 0 spiro atoms. The van der Waals surface area contributed by atoms with Crippen LogP contribution in [0.3, 0.4) is 0 Å². The third-order valence-electron chi connectivity index (χ3n) is 2.18. The van der Waals surface area contributed by atoms with E-state index in [4.69, 9.17) is 10.2 Å². The number of hydrogen-bond acceptors (Lipinski definition) is 5. The van der Waals surface area contributed by atoms with Gasteiger partial charge in [0, 0.05) is 6.07 Å². The van der Waals surface area contributed by atoms with E-state index in [0.717, 1.165) is 6.07 Å². The highest BCUT2D eigenvalue weighted by atomic mass is 16.5. The molecule has 1 aromatic heterocycles. The molecule has 2 N–H and O–H groups in total. The lowest BCUT2D eigenvalue weighted by atomic mass is 10.2. The zero-order chi connectivity index (χ0) is 13.1. The van der Waals surface area contributed by atoms with E-state index in [2.05, 4.69) is 4.74 Å². The number of hydrogen-bond donors (Lipinski definition) is 1. The molecule has 0 bridgehead atoms. The van der Waals surface area contributed by atoms with E-state index in [1.165, 1.54) is 0 Å². The fraction of sp³-hybridized carbons (Fsp3) is 0.0833. The van der Waals surface area contributed by atoms with Crippen molar-refractivity contribution in [1.82, 2.24) is 0 Å². The van der Waals surface area contributed by atoms with E-state index in [9.17, 15) is 14.4 Å². The topological polar surface area (TPSA) is 99.6 Å². The fourth-order valence-corrected chi connectivity index (χ4v) is 1.41. The molecule has 1 heterocycles. The zero-order valence-corrected chi connectivity index (χ0v) is 9.21. The van der Waals surface area contributed by atoms with E-state index in [-0.39, 0.29) is 16.8 Å². The molecule has 0 fully saturated rings. The first-order valence-corrected chi connectivity index (χ1v) is 5.06. The normalized spacial score (nSPS) is 10.2. The van der Waals surface area contributed by atoms with Gasteiger partial charge in [-0.05, 0) is 12.1 Å². The van der Waals surface area contributed by atoms with Crippen LogP contribution in [0, 0.1) is 0 Å². The van der Waals surface area contributed by atoms with E-state index >= 15 is 0 Å². The van der Waals surface area contributed by atoms with Crippen molar-refractivity contribution in [2.24, 2.45) is 5.73 Å². The molecular formula is C12H9NO5. The van der Waals surface area contributed by atoms with E-state index in [1.807, 2.05) is 0 Å². The van der Waals surface area contributed by atoms with Crippen LogP contribution in [0.1, 0.15) is 10.6 Å². The van der Waals surface area contributed by atoms with Gasteiger partial charge in [0.05, 0.1) is 5.39 Å². The van der Waals surface area contributed by atoms with Gasteiger partial charge in [0.2, 0.25) is 5.76 Å². The lowest BCUT2D eigenvalue weighted by Crippen LogP contribution is -2.21. The largest absolute Gasteiger partial charge is 0.450 e. The summed E-state index contributed by atoms with van der Waals surface area (Å²) >= 11 is 0. The Morgan fingerprint density at radius 3 is 2.72 bits per heavy atom. The maximum absolute atomic E-state index is 11.7. The predicted octanol–water partition coefficient (Wildman–Crippen LogP) is 0.435. The molecule has 0 aliphatic heterocycles. The first-order valence-electron chi connectivity index (χ1n) is 5.06. The monoisotopic (exact) mass is 247 g/mol. The molecule has 18 heavy (non-hydrogen) atoms. The molecule has 0 atom stereocenters. The molecule has 1 amide bonds. The Hall–Kier alpha value is -2.63. The van der Waals surface area contributed by atoms with Gasteiger partial charge in [-0.2, -0.15) is 0 Å². The highest BCUT2D eigenvalue weighted by molar-refractivity contribution is 5.90. The summed E-state index contributed by atoms with van der Waals surface area (Å²) in [5, 5.41) is 0.365. The average molecular weight is 247 g/mol. The number of esters is 1. The van der Waals surface area contributed by atoms with Crippen molar-refractivity contribution in [1.29, 1.82) is 0 Å². The zero-order valence-electron chi connectivity index (χ0n) is 9.21. The minimum atomic E-state index is -0.906. The highest BCUT2D eigenvalue weighted by Gasteiger charge is 2.14. The molecule has 1 aromatic carbocycles. The van der Waals surface area contributed by atoms with E-state index in [1.54, 1.807) is 24.3 Å². The summed E-state index contributed by atoms with van der Waals surface area (Å²) in [5.74, 6) is -1.96. The molecular weight excluding hydrogens is 238 g/mol. The Bertz CT molecular complexity index is 673. The number of amides is 1. The Balaban J connectivity index is 2.37. The first-order chi connectivity index (χ1) is 8.58. The van der Waals surface area contributed by atoms with Gasteiger partial charge < -0.3 is 14.9 Å². The second-order valence-corrected chi connectivity index (χ2v) is 3.51. The van der Waals surface area contributed by atoms with Crippen molar-refractivity contribution >= 4 is 22.8 Å². The van der Waals surface area contributed by atoms with Gasteiger partial charge in [0.25, 0.3) is 5.91 Å². The third-order valence-corrected chi connectivity index (χ3v) is 2.18. The van der Waals surface area contributed by atoms with Crippen LogP contribution in [-0.2, 0) is 9.53 Å². The molecule has 6 nitrogen and oxygen atoms in total. The predicted molar refractivity (Wildman–Crippen MR) is 62.0 cm³/mol. The van der Waals surface area contributed by atoms with Crippen LogP contribution in [0.5, 0.6) is 0 Å². The van der Waals surface area contributed by atoms with Gasteiger partial charge >= 0.3 is 5.97 Å². The second kappa shape index (κ2) is 4.70. The summed E-state index contributed by atoms with van der Waals surface area (Å²) < 4.78 is 9.76. The summed E-state index contributed by atoms with van der Waals surface area (Å²) in [5.41, 5.74) is 4.75. The Labute approximate surface area is 101 Å². The summed E-state index contributed by atoms with van der Waals surface area (Å²) in [6, 6.07) is 7.51. The van der Waals surface area contributed by atoms with Crippen molar-refractivity contribution in [3.8, 4) is 0 Å². The highest BCUT2D eigenvalue weighted by Crippen LogP contribution is 2.12. The number of carbonyl (C=O) groups excluding carboxylic acids is 2. The number of benzene rings is 1. The minimum Gasteiger partial charge on any atom is -0.450 e. The molecule has 2 aromatic rings. The summed E-state index contributed by atoms with van der Waals surface area (Å²) in [6.45, 7) is -0.560. The maximum atomic E-state index is 11.7. The molecule has 6 heteroatoms. The number of ether oxygens (including phenoxy) is 1. The standard InChI is InChI=1S/C12H9NO5/c13-11(15)6-17-12(16)10-5-8(14)7-3-1-2-4-9(7)18-10/h1-5H,6H2,(H2,13,15). The van der Waals surface area contributed by atoms with Crippen LogP contribution in [0.2, 0.25) is 0 Å². The van der Waals surface area contributed by atoms with Gasteiger partial charge in [-0.3, -0.25) is 9.59 Å². The number of fused-ring (bicyclic) bond motifs is 1. The quantitative estimate of drug-likeness (QED) is 0.793. The van der Waals surface area contributed by atoms with Crippen LogP contribution in [0.4, 0.5) is 0 Å². The van der Waals surface area contributed by atoms with Crippen molar-refractivity contribution < 1.29 is 18.7 Å². The lowest BCUT2D eigenvalue weighted by Gasteiger charge is -2.02. The van der Waals surface area contributed by atoms with Crippen molar-refractivity contribution in [3.05, 3.63) is 46.3 Å². The molecule has 92 valence electrons. The van der Waals surface area contributed by atoms with Gasteiger partial charge in [0.1, 0.15) is 5.58 Å². The Morgan fingerprint density at radius 1 is 1.28 bits per heavy atom. The molecule has 0 saturated heterocycles. The molecule has 0 saturated carbocycles. The van der Waals surface area contributed by atoms with E-state index < -0.39 is 18.5 Å². The van der Waals surface area contributed by atoms with Gasteiger partial charge in [-0.25, -0.2) is 4.79 Å². The van der Waals surface area contributed by atoms with Gasteiger partial charge in [-0.15, -0.1) is 0 Å². The third kappa shape index (κ3) is 2.37. The molecule has 0 aliphatic carbocycles. The smallest absolute Gasteiger partial charge is 0.374 e. The van der Waals surface area contributed by atoms with Crippen LogP contribution in [-0.4, -0.2) is 18.5 Å². The van der Waals surface area contributed by atoms with E-state index in [0.29, 0.717) is 5.39 Å². The number of primary amides is 1. The van der Waals surface area contributed by atoms with Crippen LogP contribution < -0.4 is 11.2 Å². The number of carbonyl (C=O) groups is 2. The molecule has 0 radical (unpaired) electrons. The number of nitrogens with two attached hydrogens (primary N) is 1. The van der Waals surface area contributed by atoms with Crippen LogP contribution >= 0.6 is 0 Å². The van der Waals surface area contributed by atoms with Gasteiger partial charge in [-0.1, -0.05) is 12.1 Å². The van der Waals surface area contributed by atoms with Gasteiger partial charge in [0.15, 0.2) is 12.0 Å². The summed E-state index contributed by atoms with van der Waals surface area (Å²) in [6.07, 6.45) is 0. The lowest BCUT2D eigenvalue weighted by molar-refractivity contribution is -0.121. The van der Waals surface area contributed by atoms with Crippen molar-refractivity contribution in [2.75, 3.05) is 6.61 Å². The summed E-state index contributed by atoms with van der Waals surface area (Å²) in [7, 11) is 0. The minimum absolute atomic E-state index is 0.264. The van der Waals surface area contributed by atoms with Crippen LogP contribution in [0.15, 0.2) is 39.5 Å². The summed E-state index contributed by atoms with van der Waals surface area (Å²) in [4.78, 5) is 33.6. The van der Waals surface area contributed by atoms with Crippen molar-refractivity contribution in [2.45, 2.75) is 0 Å². The van der Waals surface area contributed by atoms with Crippen molar-refractivity contribution in [3.63, 3.8) is 0 Å². The average Bonchev–Trinajstić information content (AvgIpc) is 2.36. The Morgan fingerprint density at radius 2 is 2.00 bits per heavy atom. The molecule has 0 aliphatic rings. The molecule has 0 unspecified atom stereocenters. The first kappa shape index (κ1) is 11.8. The second-order valence-electron chi connectivity index (χ2n) is 3.51. The maximum Gasteiger partial charge on any atom is 0.374 e. The fourth-order valence-electron chi connectivity index (χ4n) is 1.41. The number of rotatable bonds is 3. The SMILES string of the molecule is NC(=O)COC(=O)c1cc(=O)c2ccccc2o1. The molecule has 2 rings (SSSR count). The number of para-hydroxylation sites is 1.